The number of hydrogen-bond acceptors (Lipinski definition) is 3. The van der Waals surface area contributed by atoms with Gasteiger partial charge in [-0.15, -0.1) is 0 Å². The van der Waals surface area contributed by atoms with Crippen molar-refractivity contribution in [2.45, 2.75) is 27.2 Å². The Balaban J connectivity index is 3.02. The maximum Gasteiger partial charge on any atom is 0.0700 e. The van der Waals surface area contributed by atoms with E-state index in [-0.39, 0.29) is 0 Å². The first kappa shape index (κ1) is 13.9. The van der Waals surface area contributed by atoms with Gasteiger partial charge in [-0.05, 0) is 25.4 Å². The third kappa shape index (κ3) is 9.96. The van der Waals surface area contributed by atoms with Crippen molar-refractivity contribution in [1.82, 2.24) is 5.32 Å². The molecule has 0 bridgehead atoms. The van der Waals surface area contributed by atoms with Crippen LogP contribution in [-0.2, 0) is 9.47 Å². The molecule has 0 aliphatic heterocycles. The molecule has 0 aromatic heterocycles. The summed E-state index contributed by atoms with van der Waals surface area (Å²) in [4.78, 5) is 0. The van der Waals surface area contributed by atoms with Gasteiger partial charge in [0.25, 0.3) is 0 Å². The number of nitrogens with one attached hydrogen (secondary N) is 1. The summed E-state index contributed by atoms with van der Waals surface area (Å²) in [6.07, 6.45) is 1.08. The lowest BCUT2D eigenvalue weighted by atomic mass is 10.2. The highest BCUT2D eigenvalue weighted by atomic mass is 16.5. The largest absolute Gasteiger partial charge is 0.379 e. The fourth-order valence-electron chi connectivity index (χ4n) is 1.10. The van der Waals surface area contributed by atoms with Crippen molar-refractivity contribution in [3.05, 3.63) is 0 Å². The van der Waals surface area contributed by atoms with E-state index in [0.29, 0.717) is 5.92 Å². The van der Waals surface area contributed by atoms with Crippen molar-refractivity contribution < 1.29 is 9.47 Å². The highest BCUT2D eigenvalue weighted by Crippen LogP contribution is 1.93. The smallest absolute Gasteiger partial charge is 0.0700 e. The Morgan fingerprint density at radius 2 is 1.79 bits per heavy atom. The van der Waals surface area contributed by atoms with Crippen LogP contribution in [0, 0.1) is 5.92 Å². The highest BCUT2D eigenvalue weighted by molar-refractivity contribution is 4.53. The second-order valence-corrected chi connectivity index (χ2v) is 3.60. The molecule has 3 heteroatoms. The second-order valence-electron chi connectivity index (χ2n) is 3.60. The molecule has 3 nitrogen and oxygen atoms in total. The first-order chi connectivity index (χ1) is 6.81. The molecule has 0 saturated heterocycles. The molecule has 0 aliphatic rings. The van der Waals surface area contributed by atoms with Gasteiger partial charge in [-0.3, -0.25) is 0 Å². The Morgan fingerprint density at radius 3 is 2.43 bits per heavy atom. The van der Waals surface area contributed by atoms with Crippen molar-refractivity contribution in [2.24, 2.45) is 5.92 Å². The van der Waals surface area contributed by atoms with Crippen LogP contribution in [0.15, 0.2) is 0 Å². The molecule has 0 heterocycles. The zero-order chi connectivity index (χ0) is 10.6. The van der Waals surface area contributed by atoms with Crippen molar-refractivity contribution >= 4 is 0 Å². The van der Waals surface area contributed by atoms with Gasteiger partial charge in [0.05, 0.1) is 19.8 Å². The third-order valence-corrected chi connectivity index (χ3v) is 1.87. The maximum atomic E-state index is 5.47. The summed E-state index contributed by atoms with van der Waals surface area (Å²) < 4.78 is 10.8. The summed E-state index contributed by atoms with van der Waals surface area (Å²) in [5.74, 6) is 0.584. The number of rotatable bonds is 10. The average Bonchev–Trinajstić information content (AvgIpc) is 2.20. The summed E-state index contributed by atoms with van der Waals surface area (Å²) in [6, 6.07) is 0. The Morgan fingerprint density at radius 1 is 1.07 bits per heavy atom. The molecule has 0 aliphatic carbocycles. The van der Waals surface area contributed by atoms with Gasteiger partial charge in [0.15, 0.2) is 0 Å². The van der Waals surface area contributed by atoms with Gasteiger partial charge in [-0.2, -0.15) is 0 Å². The zero-order valence-electron chi connectivity index (χ0n) is 9.84. The van der Waals surface area contributed by atoms with E-state index >= 15 is 0 Å². The summed E-state index contributed by atoms with van der Waals surface area (Å²) in [5.41, 5.74) is 0. The van der Waals surface area contributed by atoms with Gasteiger partial charge in [-0.1, -0.05) is 20.8 Å². The summed E-state index contributed by atoms with van der Waals surface area (Å²) in [7, 11) is 0. The predicted octanol–water partition coefficient (Wildman–Crippen LogP) is 1.68. The number of ether oxygens (including phenoxy) is 2. The van der Waals surface area contributed by atoms with E-state index < -0.39 is 0 Å². The van der Waals surface area contributed by atoms with Gasteiger partial charge in [0.2, 0.25) is 0 Å². The van der Waals surface area contributed by atoms with E-state index in [1.807, 2.05) is 0 Å². The molecule has 0 fully saturated rings. The maximum absolute atomic E-state index is 5.47. The van der Waals surface area contributed by atoms with Gasteiger partial charge in [0.1, 0.15) is 0 Å². The predicted molar refractivity (Wildman–Crippen MR) is 59.6 cm³/mol. The molecule has 0 aromatic rings. The van der Waals surface area contributed by atoms with Gasteiger partial charge in [-0.25, -0.2) is 0 Å². The number of hydrogen-bond donors (Lipinski definition) is 1. The molecule has 0 amide bonds. The lowest BCUT2D eigenvalue weighted by Gasteiger charge is -2.12. The van der Waals surface area contributed by atoms with E-state index in [2.05, 4.69) is 26.1 Å². The topological polar surface area (TPSA) is 30.5 Å². The van der Waals surface area contributed by atoms with Gasteiger partial charge < -0.3 is 14.8 Å². The normalized spacial score (nSPS) is 13.1. The quantitative estimate of drug-likeness (QED) is 0.548. The van der Waals surface area contributed by atoms with Crippen molar-refractivity contribution in [1.29, 1.82) is 0 Å². The SMILES string of the molecule is CCCOCCOCC(C)CNCC. The monoisotopic (exact) mass is 203 g/mol. The molecule has 0 rings (SSSR count). The lowest BCUT2D eigenvalue weighted by molar-refractivity contribution is 0.0359. The Bertz CT molecular complexity index is 109. The Hall–Kier alpha value is -0.120. The van der Waals surface area contributed by atoms with Crippen LogP contribution in [0.2, 0.25) is 0 Å². The van der Waals surface area contributed by atoms with E-state index in [1.165, 1.54) is 0 Å². The molecule has 0 spiro atoms. The first-order valence-corrected chi connectivity index (χ1v) is 5.67. The van der Waals surface area contributed by atoms with E-state index in [9.17, 15) is 0 Å². The van der Waals surface area contributed by atoms with Crippen LogP contribution in [0.5, 0.6) is 0 Å². The minimum Gasteiger partial charge on any atom is -0.379 e. The summed E-state index contributed by atoms with van der Waals surface area (Å²) in [5, 5.41) is 3.30. The Kier molecular flexibility index (Phi) is 10.9. The molecule has 0 radical (unpaired) electrons. The van der Waals surface area contributed by atoms with Crippen LogP contribution in [0.1, 0.15) is 27.2 Å². The standard InChI is InChI=1S/C11H25NO2/c1-4-6-13-7-8-14-10-11(3)9-12-5-2/h11-12H,4-10H2,1-3H3. The van der Waals surface area contributed by atoms with Crippen LogP contribution >= 0.6 is 0 Å². The van der Waals surface area contributed by atoms with Crippen molar-refractivity contribution in [2.75, 3.05) is 39.5 Å². The van der Waals surface area contributed by atoms with Gasteiger partial charge >= 0.3 is 0 Å². The lowest BCUT2D eigenvalue weighted by Crippen LogP contribution is -2.24. The van der Waals surface area contributed by atoms with E-state index in [4.69, 9.17) is 9.47 Å². The fraction of sp³-hybridized carbons (Fsp3) is 1.00. The van der Waals surface area contributed by atoms with E-state index in [1.54, 1.807) is 0 Å². The average molecular weight is 203 g/mol. The molecule has 1 N–H and O–H groups in total. The highest BCUT2D eigenvalue weighted by Gasteiger charge is 2.00. The zero-order valence-corrected chi connectivity index (χ0v) is 9.84. The minimum atomic E-state index is 0.584. The molecule has 1 unspecified atom stereocenters. The van der Waals surface area contributed by atoms with E-state index in [0.717, 1.165) is 45.9 Å². The summed E-state index contributed by atoms with van der Waals surface area (Å²) >= 11 is 0. The van der Waals surface area contributed by atoms with Crippen LogP contribution in [-0.4, -0.2) is 39.5 Å². The van der Waals surface area contributed by atoms with Crippen molar-refractivity contribution in [3.8, 4) is 0 Å². The molecular formula is C11H25NO2. The molecule has 0 saturated carbocycles. The van der Waals surface area contributed by atoms with Gasteiger partial charge in [0, 0.05) is 6.61 Å². The molecular weight excluding hydrogens is 178 g/mol. The molecule has 1 atom stereocenters. The molecule has 0 aromatic carbocycles. The Labute approximate surface area is 88.2 Å². The third-order valence-electron chi connectivity index (χ3n) is 1.87. The van der Waals surface area contributed by atoms with Crippen LogP contribution in [0.3, 0.4) is 0 Å². The van der Waals surface area contributed by atoms with Crippen LogP contribution < -0.4 is 5.32 Å². The second kappa shape index (κ2) is 11.0. The van der Waals surface area contributed by atoms with Crippen LogP contribution in [0.25, 0.3) is 0 Å². The fourth-order valence-corrected chi connectivity index (χ4v) is 1.10. The first-order valence-electron chi connectivity index (χ1n) is 5.67. The van der Waals surface area contributed by atoms with Crippen LogP contribution in [0.4, 0.5) is 0 Å². The summed E-state index contributed by atoms with van der Waals surface area (Å²) in [6.45, 7) is 11.6. The van der Waals surface area contributed by atoms with Crippen molar-refractivity contribution in [3.63, 3.8) is 0 Å². The minimum absolute atomic E-state index is 0.584. The molecule has 14 heavy (non-hydrogen) atoms. The molecule has 86 valence electrons.